The van der Waals surface area contributed by atoms with Gasteiger partial charge in [-0.05, 0) is 42.8 Å². The minimum absolute atomic E-state index is 0.291. The second kappa shape index (κ2) is 4.67. The van der Waals surface area contributed by atoms with Crippen molar-refractivity contribution in [2.45, 2.75) is 25.7 Å². The summed E-state index contributed by atoms with van der Waals surface area (Å²) in [5.41, 5.74) is 1.84. The van der Waals surface area contributed by atoms with Crippen LogP contribution in [0.4, 0.5) is 5.69 Å². The maximum atomic E-state index is 12.3. The summed E-state index contributed by atoms with van der Waals surface area (Å²) in [5.74, 6) is 0. The molecule has 0 spiro atoms. The maximum absolute atomic E-state index is 12.3. The molecular weight excluding hydrogens is 338 g/mol. The smallest absolute Gasteiger partial charge is 0.263 e. The van der Waals surface area contributed by atoms with Gasteiger partial charge in [-0.1, -0.05) is 0 Å². The van der Waals surface area contributed by atoms with Crippen molar-refractivity contribution in [1.29, 1.82) is 0 Å². The third-order valence-electron chi connectivity index (χ3n) is 2.50. The molecule has 2 aromatic heterocycles. The largest absolute Gasteiger partial charge is 0.280 e. The highest BCUT2D eigenvalue weighted by Crippen LogP contribution is 2.31. The van der Waals surface area contributed by atoms with Gasteiger partial charge in [-0.2, -0.15) is 5.10 Å². The summed E-state index contributed by atoms with van der Waals surface area (Å²) in [6, 6.07) is 1.60. The maximum Gasteiger partial charge on any atom is 0.263 e. The molecule has 2 heterocycles. The Morgan fingerprint density at radius 3 is 2.50 bits per heavy atom. The van der Waals surface area contributed by atoms with Crippen LogP contribution in [-0.4, -0.2) is 18.6 Å². The minimum atomic E-state index is -3.57. The number of nitrogens with one attached hydrogen (secondary N) is 2. The molecule has 0 radical (unpaired) electrons. The zero-order chi connectivity index (χ0) is 13.5. The van der Waals surface area contributed by atoms with Crippen LogP contribution in [0.5, 0.6) is 0 Å². The first kappa shape index (κ1) is 13.6. The lowest BCUT2D eigenvalue weighted by Gasteiger charge is -2.07. The molecule has 0 saturated heterocycles. The normalized spacial score (nSPS) is 11.8. The molecule has 0 saturated carbocycles. The fourth-order valence-electron chi connectivity index (χ4n) is 1.59. The lowest BCUT2D eigenvalue weighted by Crippen LogP contribution is -2.14. The summed E-state index contributed by atoms with van der Waals surface area (Å²) in [4.78, 5) is 1.03. The molecule has 18 heavy (non-hydrogen) atoms. The third kappa shape index (κ3) is 2.45. The van der Waals surface area contributed by atoms with Gasteiger partial charge in [0.05, 0.1) is 20.9 Å². The Morgan fingerprint density at radius 1 is 1.39 bits per heavy atom. The van der Waals surface area contributed by atoms with Crippen LogP contribution in [0.2, 0.25) is 0 Å². The number of aryl methyl sites for hydroxylation is 3. The van der Waals surface area contributed by atoms with Crippen molar-refractivity contribution >= 4 is 43.0 Å². The molecule has 2 N–H and O–H groups in total. The van der Waals surface area contributed by atoms with Crippen molar-refractivity contribution in [2.24, 2.45) is 0 Å². The molecule has 0 aliphatic rings. The Bertz CT molecular complexity index is 669. The fourth-order valence-corrected chi connectivity index (χ4v) is 5.19. The molecule has 0 aromatic carbocycles. The second-order valence-corrected chi connectivity index (χ2v) is 8.17. The molecule has 0 aliphatic heterocycles. The number of thiophene rings is 1. The van der Waals surface area contributed by atoms with E-state index in [1.165, 1.54) is 11.3 Å². The van der Waals surface area contributed by atoms with Crippen molar-refractivity contribution in [3.63, 3.8) is 0 Å². The van der Waals surface area contributed by atoms with E-state index in [2.05, 4.69) is 30.8 Å². The number of halogens is 1. The van der Waals surface area contributed by atoms with Crippen LogP contribution in [0.1, 0.15) is 16.3 Å². The van der Waals surface area contributed by atoms with Gasteiger partial charge >= 0.3 is 0 Å². The summed E-state index contributed by atoms with van der Waals surface area (Å²) in [7, 11) is -3.57. The average Bonchev–Trinajstić information content (AvgIpc) is 2.75. The molecule has 0 bridgehead atoms. The van der Waals surface area contributed by atoms with Crippen molar-refractivity contribution < 1.29 is 8.42 Å². The van der Waals surface area contributed by atoms with Crippen molar-refractivity contribution in [1.82, 2.24) is 10.2 Å². The molecular formula is C10H12BrN3O2S2. The van der Waals surface area contributed by atoms with Crippen molar-refractivity contribution in [3.05, 3.63) is 26.1 Å². The lowest BCUT2D eigenvalue weighted by atomic mass is 10.3. The standard InChI is InChI=1S/C10H12BrN3O2S2/c1-5-10(6(2)13-12-5)14-18(15,16)8-4-9(11)17-7(8)3/h4,14H,1-3H3,(H,12,13). The highest BCUT2D eigenvalue weighted by molar-refractivity contribution is 9.11. The van der Waals surface area contributed by atoms with Gasteiger partial charge in [0.15, 0.2) is 0 Å². The monoisotopic (exact) mass is 349 g/mol. The molecule has 2 aromatic rings. The van der Waals surface area contributed by atoms with E-state index in [4.69, 9.17) is 0 Å². The third-order valence-corrected chi connectivity index (χ3v) is 5.65. The van der Waals surface area contributed by atoms with Gasteiger partial charge in [0.25, 0.3) is 10.0 Å². The van der Waals surface area contributed by atoms with E-state index in [-0.39, 0.29) is 0 Å². The molecule has 5 nitrogen and oxygen atoms in total. The molecule has 0 amide bonds. The average molecular weight is 350 g/mol. The van der Waals surface area contributed by atoms with Gasteiger partial charge in [0.2, 0.25) is 0 Å². The first-order valence-electron chi connectivity index (χ1n) is 5.11. The fraction of sp³-hybridized carbons (Fsp3) is 0.300. The predicted octanol–water partition coefficient (Wildman–Crippen LogP) is 2.96. The minimum Gasteiger partial charge on any atom is -0.280 e. The van der Waals surface area contributed by atoms with E-state index >= 15 is 0 Å². The van der Waals surface area contributed by atoms with Gasteiger partial charge in [-0.3, -0.25) is 9.82 Å². The van der Waals surface area contributed by atoms with Gasteiger partial charge < -0.3 is 0 Å². The van der Waals surface area contributed by atoms with Gasteiger partial charge in [0, 0.05) is 4.88 Å². The summed E-state index contributed by atoms with van der Waals surface area (Å²) in [6.45, 7) is 5.30. The van der Waals surface area contributed by atoms with E-state index < -0.39 is 10.0 Å². The summed E-state index contributed by atoms with van der Waals surface area (Å²) < 4.78 is 27.9. The highest BCUT2D eigenvalue weighted by atomic mass is 79.9. The first-order valence-corrected chi connectivity index (χ1v) is 8.21. The van der Waals surface area contributed by atoms with E-state index in [0.29, 0.717) is 22.0 Å². The Balaban J connectivity index is 2.42. The van der Waals surface area contributed by atoms with Crippen molar-refractivity contribution in [3.8, 4) is 0 Å². The predicted molar refractivity (Wildman–Crippen MR) is 75.6 cm³/mol. The number of hydrogen-bond donors (Lipinski definition) is 2. The van der Waals surface area contributed by atoms with Gasteiger partial charge in [0.1, 0.15) is 4.90 Å². The van der Waals surface area contributed by atoms with Crippen LogP contribution in [0.3, 0.4) is 0 Å². The Kier molecular flexibility index (Phi) is 3.52. The molecule has 98 valence electrons. The Hall–Kier alpha value is -0.860. The van der Waals surface area contributed by atoms with Gasteiger partial charge in [-0.25, -0.2) is 8.42 Å². The number of rotatable bonds is 3. The highest BCUT2D eigenvalue weighted by Gasteiger charge is 2.22. The van der Waals surface area contributed by atoms with Crippen molar-refractivity contribution in [2.75, 3.05) is 4.72 Å². The summed E-state index contributed by atoms with van der Waals surface area (Å²) in [5, 5.41) is 6.71. The molecule has 0 fully saturated rings. The van der Waals surface area contributed by atoms with E-state index in [0.717, 1.165) is 8.66 Å². The zero-order valence-electron chi connectivity index (χ0n) is 10.0. The van der Waals surface area contributed by atoms with Crippen LogP contribution in [0, 0.1) is 20.8 Å². The Morgan fingerprint density at radius 2 is 2.06 bits per heavy atom. The summed E-state index contributed by atoms with van der Waals surface area (Å²) in [6.07, 6.45) is 0. The van der Waals surface area contributed by atoms with Gasteiger partial charge in [-0.15, -0.1) is 11.3 Å². The number of H-pyrrole nitrogens is 1. The number of aromatic nitrogens is 2. The van der Waals surface area contributed by atoms with Crippen LogP contribution in [0.15, 0.2) is 14.7 Å². The molecule has 0 atom stereocenters. The SMILES string of the molecule is Cc1n[nH]c(C)c1NS(=O)(=O)c1cc(Br)sc1C. The zero-order valence-corrected chi connectivity index (χ0v) is 13.3. The summed E-state index contributed by atoms with van der Waals surface area (Å²) >= 11 is 4.68. The Labute approximate surface area is 118 Å². The lowest BCUT2D eigenvalue weighted by molar-refractivity contribution is 0.601. The number of anilines is 1. The first-order chi connectivity index (χ1) is 8.31. The molecule has 0 unspecified atom stereocenters. The molecule has 2 rings (SSSR count). The number of aromatic amines is 1. The number of hydrogen-bond acceptors (Lipinski definition) is 4. The quantitative estimate of drug-likeness (QED) is 0.894. The van der Waals surface area contributed by atoms with E-state index in [1.54, 1.807) is 26.8 Å². The van der Waals surface area contributed by atoms with Crippen LogP contribution in [0.25, 0.3) is 0 Å². The topological polar surface area (TPSA) is 74.8 Å². The molecule has 0 aliphatic carbocycles. The van der Waals surface area contributed by atoms with Crippen LogP contribution in [-0.2, 0) is 10.0 Å². The number of sulfonamides is 1. The van der Waals surface area contributed by atoms with E-state index in [9.17, 15) is 8.42 Å². The second-order valence-electron chi connectivity index (χ2n) is 3.89. The van der Waals surface area contributed by atoms with Crippen LogP contribution >= 0.6 is 27.3 Å². The van der Waals surface area contributed by atoms with Crippen LogP contribution < -0.4 is 4.72 Å². The molecule has 8 heteroatoms. The van der Waals surface area contributed by atoms with E-state index in [1.807, 2.05) is 0 Å². The number of nitrogens with zero attached hydrogens (tertiary/aromatic N) is 1.